The molecule has 0 bridgehead atoms. The predicted octanol–water partition coefficient (Wildman–Crippen LogP) is 1.98. The molecule has 0 spiro atoms. The monoisotopic (exact) mass is 274 g/mol. The maximum atomic E-state index is 11.9. The molecule has 0 saturated carbocycles. The molecular weight excluding hydrogens is 260 g/mol. The molecule has 0 radical (unpaired) electrons. The Morgan fingerprint density at radius 3 is 2.90 bits per heavy atom. The van der Waals surface area contributed by atoms with Gasteiger partial charge in [0, 0.05) is 18.9 Å². The lowest BCUT2D eigenvalue weighted by atomic mass is 10.1. The zero-order valence-electron chi connectivity index (χ0n) is 11.0. The van der Waals surface area contributed by atoms with Crippen LogP contribution in [0.4, 0.5) is 11.4 Å². The summed E-state index contributed by atoms with van der Waals surface area (Å²) < 4.78 is 5.24. The number of anilines is 1. The largest absolute Gasteiger partial charge is 0.494 e. The Hall–Kier alpha value is -2.55. The number of ether oxygens (including phenoxy) is 1. The van der Waals surface area contributed by atoms with Gasteiger partial charge in [0.15, 0.2) is 0 Å². The van der Waals surface area contributed by atoms with E-state index in [2.05, 4.69) is 5.92 Å². The van der Waals surface area contributed by atoms with Crippen LogP contribution in [0.2, 0.25) is 0 Å². The van der Waals surface area contributed by atoms with Crippen molar-refractivity contribution in [2.75, 3.05) is 18.1 Å². The van der Waals surface area contributed by atoms with Crippen LogP contribution in [0.3, 0.4) is 0 Å². The minimum Gasteiger partial charge on any atom is -0.494 e. The number of nitro benzene ring substituents is 1. The van der Waals surface area contributed by atoms with Gasteiger partial charge in [-0.3, -0.25) is 14.9 Å². The molecule has 0 aliphatic carbocycles. The highest BCUT2D eigenvalue weighted by atomic mass is 16.6. The Bertz CT molecular complexity index is 591. The molecule has 1 saturated heterocycles. The smallest absolute Gasteiger partial charge is 0.296 e. The second kappa shape index (κ2) is 5.61. The molecule has 1 aliphatic heterocycles. The number of benzene rings is 1. The second-order valence-corrected chi connectivity index (χ2v) is 4.41. The van der Waals surface area contributed by atoms with Crippen LogP contribution in [0.5, 0.6) is 5.75 Å². The van der Waals surface area contributed by atoms with Crippen molar-refractivity contribution < 1.29 is 14.5 Å². The van der Waals surface area contributed by atoms with Gasteiger partial charge >= 0.3 is 0 Å². The van der Waals surface area contributed by atoms with Crippen LogP contribution < -0.4 is 9.64 Å². The summed E-state index contributed by atoms with van der Waals surface area (Å²) in [4.78, 5) is 23.9. The normalized spacial score (nSPS) is 17.9. The van der Waals surface area contributed by atoms with Crippen LogP contribution in [0.25, 0.3) is 0 Å². The zero-order valence-corrected chi connectivity index (χ0v) is 11.0. The van der Waals surface area contributed by atoms with E-state index in [0.717, 1.165) is 0 Å². The first kappa shape index (κ1) is 13.9. The van der Waals surface area contributed by atoms with Gasteiger partial charge in [-0.15, -0.1) is 12.3 Å². The lowest BCUT2D eigenvalue weighted by molar-refractivity contribution is -0.384. The number of carbonyl (C=O) groups is 1. The van der Waals surface area contributed by atoms with E-state index >= 15 is 0 Å². The van der Waals surface area contributed by atoms with E-state index in [-0.39, 0.29) is 29.6 Å². The Labute approximate surface area is 116 Å². The quantitative estimate of drug-likeness (QED) is 0.478. The summed E-state index contributed by atoms with van der Waals surface area (Å²) >= 11 is 0. The Morgan fingerprint density at radius 1 is 1.60 bits per heavy atom. The molecule has 6 nitrogen and oxygen atoms in total. The minimum atomic E-state index is -0.520. The average molecular weight is 274 g/mol. The van der Waals surface area contributed by atoms with Gasteiger partial charge in [-0.2, -0.15) is 0 Å². The van der Waals surface area contributed by atoms with Crippen molar-refractivity contribution in [1.82, 2.24) is 0 Å². The average Bonchev–Trinajstić information content (AvgIpc) is 2.80. The van der Waals surface area contributed by atoms with Crippen molar-refractivity contribution in [3.05, 3.63) is 28.3 Å². The van der Waals surface area contributed by atoms with Crippen molar-refractivity contribution in [1.29, 1.82) is 0 Å². The van der Waals surface area contributed by atoms with E-state index in [0.29, 0.717) is 18.9 Å². The van der Waals surface area contributed by atoms with Gasteiger partial charge < -0.3 is 9.64 Å². The van der Waals surface area contributed by atoms with Gasteiger partial charge in [-0.05, 0) is 19.1 Å². The number of hydrogen-bond acceptors (Lipinski definition) is 4. The number of nitro groups is 1. The fourth-order valence-corrected chi connectivity index (χ4v) is 2.19. The Balaban J connectivity index is 2.39. The van der Waals surface area contributed by atoms with Crippen molar-refractivity contribution in [2.24, 2.45) is 5.92 Å². The highest BCUT2D eigenvalue weighted by Crippen LogP contribution is 2.35. The number of terminal acetylenes is 1. The number of hydrogen-bond donors (Lipinski definition) is 0. The van der Waals surface area contributed by atoms with Crippen molar-refractivity contribution >= 4 is 17.3 Å². The van der Waals surface area contributed by atoms with Crippen molar-refractivity contribution in [2.45, 2.75) is 13.3 Å². The maximum Gasteiger partial charge on any atom is 0.296 e. The summed E-state index contributed by atoms with van der Waals surface area (Å²) in [6.07, 6.45) is 5.54. The van der Waals surface area contributed by atoms with Crippen LogP contribution in [-0.2, 0) is 4.79 Å². The summed E-state index contributed by atoms with van der Waals surface area (Å²) in [5.41, 5.74) is 0.114. The van der Waals surface area contributed by atoms with E-state index < -0.39 is 4.92 Å². The lowest BCUT2D eigenvalue weighted by Crippen LogP contribution is -2.25. The first-order valence-electron chi connectivity index (χ1n) is 6.24. The van der Waals surface area contributed by atoms with Gasteiger partial charge in [-0.25, -0.2) is 0 Å². The van der Waals surface area contributed by atoms with Crippen LogP contribution in [-0.4, -0.2) is 24.0 Å². The van der Waals surface area contributed by atoms with Crippen molar-refractivity contribution in [3.8, 4) is 18.1 Å². The van der Waals surface area contributed by atoms with E-state index in [9.17, 15) is 14.9 Å². The molecule has 1 fully saturated rings. The summed E-state index contributed by atoms with van der Waals surface area (Å²) in [5, 5.41) is 11.2. The Kier molecular flexibility index (Phi) is 3.89. The standard InChI is InChI=1S/C14H14N2O4/c1-3-10-7-14(17)15(9-10)12-6-5-11(20-4-2)8-13(12)16(18)19/h1,5-6,8,10H,4,7,9H2,2H3. The van der Waals surface area contributed by atoms with Gasteiger partial charge in [0.2, 0.25) is 5.91 Å². The number of nitrogens with zero attached hydrogens (tertiary/aromatic N) is 2. The minimum absolute atomic E-state index is 0.151. The lowest BCUT2D eigenvalue weighted by Gasteiger charge is -2.16. The molecule has 1 aromatic carbocycles. The van der Waals surface area contributed by atoms with Crippen LogP contribution in [0.15, 0.2) is 18.2 Å². The van der Waals surface area contributed by atoms with Gasteiger partial charge in [0.1, 0.15) is 11.4 Å². The first-order chi connectivity index (χ1) is 9.56. The van der Waals surface area contributed by atoms with Crippen LogP contribution in [0, 0.1) is 28.4 Å². The predicted molar refractivity (Wildman–Crippen MR) is 73.6 cm³/mol. The first-order valence-corrected chi connectivity index (χ1v) is 6.24. The molecule has 0 aromatic heterocycles. The van der Waals surface area contributed by atoms with Crippen LogP contribution in [0.1, 0.15) is 13.3 Å². The summed E-state index contributed by atoms with van der Waals surface area (Å²) in [6.45, 7) is 2.52. The highest BCUT2D eigenvalue weighted by molar-refractivity contribution is 5.98. The van der Waals surface area contributed by atoms with Gasteiger partial charge in [-0.1, -0.05) is 0 Å². The number of amides is 1. The molecule has 1 aromatic rings. The molecule has 20 heavy (non-hydrogen) atoms. The molecule has 1 heterocycles. The second-order valence-electron chi connectivity index (χ2n) is 4.41. The van der Waals surface area contributed by atoms with E-state index in [1.807, 2.05) is 0 Å². The summed E-state index contributed by atoms with van der Waals surface area (Å²) in [7, 11) is 0. The zero-order chi connectivity index (χ0) is 14.7. The summed E-state index contributed by atoms with van der Waals surface area (Å²) in [5.74, 6) is 2.53. The molecule has 1 unspecified atom stereocenters. The van der Waals surface area contributed by atoms with Crippen molar-refractivity contribution in [3.63, 3.8) is 0 Å². The molecule has 1 atom stereocenters. The topological polar surface area (TPSA) is 72.7 Å². The third kappa shape index (κ3) is 2.57. The third-order valence-electron chi connectivity index (χ3n) is 3.11. The highest BCUT2D eigenvalue weighted by Gasteiger charge is 2.33. The Morgan fingerprint density at radius 2 is 2.35 bits per heavy atom. The molecule has 0 N–H and O–H groups in total. The van der Waals surface area contributed by atoms with Crippen LogP contribution >= 0.6 is 0 Å². The fraction of sp³-hybridized carbons (Fsp3) is 0.357. The maximum absolute atomic E-state index is 11.9. The molecule has 6 heteroatoms. The molecule has 2 rings (SSSR count). The van der Waals surface area contributed by atoms with E-state index in [1.165, 1.54) is 17.0 Å². The number of carbonyl (C=O) groups excluding carboxylic acids is 1. The molecular formula is C14H14N2O4. The molecule has 104 valence electrons. The SMILES string of the molecule is C#CC1CC(=O)N(c2ccc(OCC)cc2[N+](=O)[O-])C1. The summed E-state index contributed by atoms with van der Waals surface area (Å²) in [6, 6.07) is 4.47. The van der Waals surface area contributed by atoms with E-state index in [4.69, 9.17) is 11.2 Å². The number of rotatable bonds is 4. The van der Waals surface area contributed by atoms with E-state index in [1.54, 1.807) is 13.0 Å². The fourth-order valence-electron chi connectivity index (χ4n) is 2.19. The molecule has 1 aliphatic rings. The van der Waals surface area contributed by atoms with Gasteiger partial charge in [0.25, 0.3) is 5.69 Å². The van der Waals surface area contributed by atoms with Gasteiger partial charge in [0.05, 0.1) is 17.6 Å². The third-order valence-corrected chi connectivity index (χ3v) is 3.11. The molecule has 1 amide bonds.